The number of benzene rings is 2. The van der Waals surface area contributed by atoms with E-state index in [-0.39, 0.29) is 11.6 Å². The molecule has 2 aromatic rings. The number of ether oxygens (including phenoxy) is 1. The zero-order valence-corrected chi connectivity index (χ0v) is 16.7. The van der Waals surface area contributed by atoms with Crippen LogP contribution in [0.25, 0.3) is 0 Å². The zero-order valence-electron chi connectivity index (χ0n) is 15.9. The van der Waals surface area contributed by atoms with Gasteiger partial charge in [-0.3, -0.25) is 14.9 Å². The third-order valence-electron chi connectivity index (χ3n) is 4.58. The second-order valence-electron chi connectivity index (χ2n) is 6.62. The highest BCUT2D eigenvalue weighted by atomic mass is 35.5. The number of amides is 1. The molecule has 29 heavy (non-hydrogen) atoms. The summed E-state index contributed by atoms with van der Waals surface area (Å²) in [5, 5.41) is 17.4. The molecule has 1 saturated heterocycles. The Morgan fingerprint density at radius 2 is 1.90 bits per heavy atom. The first-order chi connectivity index (χ1) is 14.0. The number of nitrogens with zero attached hydrogens (tertiary/aromatic N) is 2. The van der Waals surface area contributed by atoms with Crippen LogP contribution in [-0.2, 0) is 9.53 Å². The number of carbonyl (C=O) groups is 1. The summed E-state index contributed by atoms with van der Waals surface area (Å²) in [5.41, 5.74) is 2.36. The van der Waals surface area contributed by atoms with Gasteiger partial charge in [0.25, 0.3) is 5.69 Å². The topological polar surface area (TPSA) is 96.7 Å². The van der Waals surface area contributed by atoms with Gasteiger partial charge in [-0.15, -0.1) is 0 Å². The summed E-state index contributed by atoms with van der Waals surface area (Å²) in [7, 11) is 0. The number of non-ortho nitro benzene ring substituents is 1. The second-order valence-corrected chi connectivity index (χ2v) is 7.03. The number of para-hydroxylation sites is 1. The number of hydrogen-bond donors (Lipinski definition) is 2. The van der Waals surface area contributed by atoms with Crippen LogP contribution in [0.2, 0.25) is 5.02 Å². The lowest BCUT2D eigenvalue weighted by Crippen LogP contribution is -2.37. The molecule has 0 aromatic heterocycles. The van der Waals surface area contributed by atoms with E-state index in [0.717, 1.165) is 24.5 Å². The lowest BCUT2D eigenvalue weighted by molar-refractivity contribution is -0.384. The van der Waals surface area contributed by atoms with Gasteiger partial charge in [0.15, 0.2) is 0 Å². The summed E-state index contributed by atoms with van der Waals surface area (Å²) in [6.07, 6.45) is 0.964. The van der Waals surface area contributed by atoms with Crippen molar-refractivity contribution < 1.29 is 14.5 Å². The van der Waals surface area contributed by atoms with Crippen molar-refractivity contribution in [3.8, 4) is 0 Å². The number of nitrogens with one attached hydrogen (secondary N) is 2. The largest absolute Gasteiger partial charge is 0.385 e. The molecule has 9 heteroatoms. The van der Waals surface area contributed by atoms with Crippen LogP contribution in [0.1, 0.15) is 12.8 Å². The van der Waals surface area contributed by atoms with Crippen molar-refractivity contribution in [2.24, 2.45) is 0 Å². The van der Waals surface area contributed by atoms with Gasteiger partial charge in [-0.1, -0.05) is 17.7 Å². The number of rotatable bonds is 8. The lowest BCUT2D eigenvalue weighted by Gasteiger charge is -2.31. The van der Waals surface area contributed by atoms with Crippen molar-refractivity contribution in [1.29, 1.82) is 0 Å². The number of halogens is 1. The maximum Gasteiger partial charge on any atom is 0.269 e. The van der Waals surface area contributed by atoms with Crippen LogP contribution in [0.15, 0.2) is 42.5 Å². The van der Waals surface area contributed by atoms with Crippen LogP contribution in [0.4, 0.5) is 22.7 Å². The first-order valence-electron chi connectivity index (χ1n) is 9.44. The van der Waals surface area contributed by atoms with Crippen LogP contribution >= 0.6 is 11.6 Å². The van der Waals surface area contributed by atoms with Gasteiger partial charge < -0.3 is 20.3 Å². The van der Waals surface area contributed by atoms with Gasteiger partial charge in [0, 0.05) is 43.9 Å². The number of nitro groups is 1. The molecule has 0 atom stereocenters. The number of carbonyl (C=O) groups excluding carboxylic acids is 1. The molecule has 2 N–H and O–H groups in total. The average molecular weight is 419 g/mol. The van der Waals surface area contributed by atoms with Crippen LogP contribution in [0.3, 0.4) is 0 Å². The number of morpholine rings is 1. The maximum atomic E-state index is 12.4. The van der Waals surface area contributed by atoms with Crippen LogP contribution in [-0.4, -0.2) is 43.7 Å². The van der Waals surface area contributed by atoms with Gasteiger partial charge in [-0.05, 0) is 30.7 Å². The molecule has 3 rings (SSSR count). The van der Waals surface area contributed by atoms with E-state index < -0.39 is 4.92 Å². The van der Waals surface area contributed by atoms with Crippen LogP contribution < -0.4 is 15.5 Å². The summed E-state index contributed by atoms with van der Waals surface area (Å²) in [5.74, 6) is -0.0905. The second kappa shape index (κ2) is 10.1. The first kappa shape index (κ1) is 20.9. The highest BCUT2D eigenvalue weighted by Gasteiger charge is 2.18. The van der Waals surface area contributed by atoms with Crippen molar-refractivity contribution >= 4 is 40.3 Å². The van der Waals surface area contributed by atoms with E-state index in [0.29, 0.717) is 43.3 Å². The minimum Gasteiger partial charge on any atom is -0.385 e. The Morgan fingerprint density at radius 1 is 1.17 bits per heavy atom. The monoisotopic (exact) mass is 418 g/mol. The molecule has 1 heterocycles. The van der Waals surface area contributed by atoms with E-state index in [1.165, 1.54) is 12.1 Å². The Morgan fingerprint density at radius 3 is 2.59 bits per heavy atom. The van der Waals surface area contributed by atoms with E-state index in [9.17, 15) is 14.9 Å². The number of nitro benzene ring substituents is 1. The predicted octanol–water partition coefficient (Wildman–Crippen LogP) is 3.92. The summed E-state index contributed by atoms with van der Waals surface area (Å²) < 4.78 is 5.39. The van der Waals surface area contributed by atoms with E-state index in [2.05, 4.69) is 15.5 Å². The molecule has 154 valence electrons. The lowest BCUT2D eigenvalue weighted by atomic mass is 10.2. The van der Waals surface area contributed by atoms with Crippen molar-refractivity contribution in [3.63, 3.8) is 0 Å². The first-order valence-corrected chi connectivity index (χ1v) is 9.82. The molecule has 1 aliphatic heterocycles. The molecule has 0 radical (unpaired) electrons. The van der Waals surface area contributed by atoms with Crippen molar-refractivity contribution in [2.45, 2.75) is 12.8 Å². The Labute approximate surface area is 173 Å². The summed E-state index contributed by atoms with van der Waals surface area (Å²) in [4.78, 5) is 24.7. The van der Waals surface area contributed by atoms with E-state index in [1.807, 2.05) is 18.2 Å². The van der Waals surface area contributed by atoms with Gasteiger partial charge >= 0.3 is 0 Å². The van der Waals surface area contributed by atoms with Crippen molar-refractivity contribution in [3.05, 3.63) is 57.6 Å². The fraction of sp³-hybridized carbons (Fsp3) is 0.350. The Kier molecular flexibility index (Phi) is 7.26. The number of hydrogen-bond acceptors (Lipinski definition) is 6. The molecular weight excluding hydrogens is 396 g/mol. The van der Waals surface area contributed by atoms with Gasteiger partial charge in [0.05, 0.1) is 34.5 Å². The van der Waals surface area contributed by atoms with Gasteiger partial charge in [0.2, 0.25) is 5.91 Å². The molecule has 0 aliphatic carbocycles. The molecule has 8 nitrogen and oxygen atoms in total. The molecule has 1 amide bonds. The van der Waals surface area contributed by atoms with Gasteiger partial charge in [-0.2, -0.15) is 0 Å². The molecule has 0 spiro atoms. The highest BCUT2D eigenvalue weighted by Crippen LogP contribution is 2.34. The molecule has 1 aliphatic rings. The molecule has 0 unspecified atom stereocenters. The SMILES string of the molecule is O=C(CCCNc1ccc([N+](=O)[O-])cc1)Nc1cccc(Cl)c1N1CCOCC1. The van der Waals surface area contributed by atoms with Crippen molar-refractivity contribution in [2.75, 3.05) is 48.4 Å². The third-order valence-corrected chi connectivity index (χ3v) is 4.88. The van der Waals surface area contributed by atoms with Crippen molar-refractivity contribution in [1.82, 2.24) is 0 Å². The molecule has 0 saturated carbocycles. The maximum absolute atomic E-state index is 12.4. The average Bonchev–Trinajstić information content (AvgIpc) is 2.72. The standard InChI is InChI=1S/C20H23ClN4O4/c21-17-3-1-4-18(20(17)24-11-13-29-14-12-24)23-19(26)5-2-10-22-15-6-8-16(9-7-15)25(27)28/h1,3-4,6-9,22H,2,5,10-14H2,(H,23,26). The summed E-state index contributed by atoms with van der Waals surface area (Å²) >= 11 is 6.39. The van der Waals surface area contributed by atoms with Gasteiger partial charge in [-0.25, -0.2) is 0 Å². The Balaban J connectivity index is 1.49. The van der Waals surface area contributed by atoms with Gasteiger partial charge in [0.1, 0.15) is 0 Å². The Hall–Kier alpha value is -2.84. The minimum atomic E-state index is -0.435. The molecule has 1 fully saturated rings. The molecular formula is C20H23ClN4O4. The predicted molar refractivity (Wildman–Crippen MR) is 114 cm³/mol. The normalized spacial score (nSPS) is 13.8. The Bertz CT molecular complexity index is 854. The smallest absolute Gasteiger partial charge is 0.269 e. The number of anilines is 3. The zero-order chi connectivity index (χ0) is 20.6. The van der Waals surface area contributed by atoms with E-state index in [1.54, 1.807) is 12.1 Å². The third kappa shape index (κ3) is 5.82. The minimum absolute atomic E-state index is 0.0486. The van der Waals surface area contributed by atoms with E-state index in [4.69, 9.17) is 16.3 Å². The highest BCUT2D eigenvalue weighted by molar-refractivity contribution is 6.34. The van der Waals surface area contributed by atoms with Crippen LogP contribution in [0.5, 0.6) is 0 Å². The fourth-order valence-corrected chi connectivity index (χ4v) is 3.41. The summed E-state index contributed by atoms with van der Waals surface area (Å²) in [6, 6.07) is 11.7. The quantitative estimate of drug-likeness (QED) is 0.383. The van der Waals surface area contributed by atoms with Crippen LogP contribution in [0, 0.1) is 10.1 Å². The fourth-order valence-electron chi connectivity index (χ4n) is 3.12. The van der Waals surface area contributed by atoms with E-state index >= 15 is 0 Å². The molecule has 0 bridgehead atoms. The summed E-state index contributed by atoms with van der Waals surface area (Å²) in [6.45, 7) is 3.30. The molecule has 2 aromatic carbocycles.